The maximum Gasteiger partial charge on any atom is 0.308 e. The van der Waals surface area contributed by atoms with Crippen LogP contribution in [0.3, 0.4) is 0 Å². The summed E-state index contributed by atoms with van der Waals surface area (Å²) >= 11 is 0. The van der Waals surface area contributed by atoms with Crippen molar-refractivity contribution in [1.82, 2.24) is 4.90 Å². The van der Waals surface area contributed by atoms with Crippen molar-refractivity contribution in [2.24, 2.45) is 5.92 Å². The van der Waals surface area contributed by atoms with Gasteiger partial charge in [-0.3, -0.25) is 13.9 Å². The summed E-state index contributed by atoms with van der Waals surface area (Å²) in [6.45, 7) is 4.56. The van der Waals surface area contributed by atoms with Crippen LogP contribution in [0.1, 0.15) is 31.7 Å². The minimum atomic E-state index is -3.64. The molecule has 1 aromatic rings. The van der Waals surface area contributed by atoms with Gasteiger partial charge in [0.25, 0.3) is 0 Å². The number of ether oxygens (including phenoxy) is 1. The second-order valence-electron chi connectivity index (χ2n) is 6.94. The number of rotatable bonds is 6. The molecule has 7 nitrogen and oxygen atoms in total. The fraction of sp³-hybridized carbons (Fsp3) is 0.579. The van der Waals surface area contributed by atoms with Crippen LogP contribution >= 0.6 is 0 Å². The van der Waals surface area contributed by atoms with E-state index in [0.717, 1.165) is 11.8 Å². The van der Waals surface area contributed by atoms with Gasteiger partial charge in [0, 0.05) is 13.1 Å². The molecule has 0 radical (unpaired) electrons. The molecule has 1 aromatic carbocycles. The van der Waals surface area contributed by atoms with Gasteiger partial charge in [0.2, 0.25) is 15.9 Å². The van der Waals surface area contributed by atoms with Gasteiger partial charge in [-0.1, -0.05) is 24.6 Å². The highest BCUT2D eigenvalue weighted by Gasteiger charge is 2.36. The zero-order valence-corrected chi connectivity index (χ0v) is 17.2. The number of nitrogens with zero attached hydrogens (tertiary/aromatic N) is 2. The molecular weight excluding hydrogens is 368 g/mol. The lowest BCUT2D eigenvalue weighted by molar-refractivity contribution is -0.149. The Hall–Kier alpha value is -2.09. The van der Waals surface area contributed by atoms with Crippen LogP contribution in [0.5, 0.6) is 0 Å². The van der Waals surface area contributed by atoms with Crippen molar-refractivity contribution >= 4 is 27.6 Å². The maximum absolute atomic E-state index is 13.1. The topological polar surface area (TPSA) is 84.0 Å². The minimum Gasteiger partial charge on any atom is -0.469 e. The number of methoxy groups -OCH3 is 1. The zero-order chi connectivity index (χ0) is 20.2. The van der Waals surface area contributed by atoms with Gasteiger partial charge in [-0.25, -0.2) is 8.42 Å². The van der Waals surface area contributed by atoms with E-state index < -0.39 is 16.1 Å². The quantitative estimate of drug-likeness (QED) is 0.686. The molecule has 2 rings (SSSR count). The largest absolute Gasteiger partial charge is 0.469 e. The second-order valence-corrected chi connectivity index (χ2v) is 8.80. The van der Waals surface area contributed by atoms with E-state index in [0.29, 0.717) is 38.0 Å². The number of benzene rings is 1. The highest BCUT2D eigenvalue weighted by atomic mass is 32.2. The summed E-state index contributed by atoms with van der Waals surface area (Å²) in [5.41, 5.74) is 1.49. The molecule has 0 saturated carbocycles. The lowest BCUT2D eigenvalue weighted by Gasteiger charge is -2.37. The van der Waals surface area contributed by atoms with E-state index in [2.05, 4.69) is 0 Å². The Balaban J connectivity index is 2.23. The number of hydrogen-bond acceptors (Lipinski definition) is 5. The average Bonchev–Trinajstić information content (AvgIpc) is 2.65. The summed E-state index contributed by atoms with van der Waals surface area (Å²) < 4.78 is 30.9. The molecule has 8 heteroatoms. The van der Waals surface area contributed by atoms with Crippen LogP contribution in [0.25, 0.3) is 0 Å². The number of anilines is 1. The van der Waals surface area contributed by atoms with Crippen LogP contribution in [0.2, 0.25) is 0 Å². The number of carbonyl (C=O) groups excluding carboxylic acids is 2. The first-order valence-corrected chi connectivity index (χ1v) is 11.0. The molecule has 1 heterocycles. The first-order chi connectivity index (χ1) is 12.7. The molecule has 0 spiro atoms. The first-order valence-electron chi connectivity index (χ1n) is 9.11. The number of sulfonamides is 1. The average molecular weight is 397 g/mol. The van der Waals surface area contributed by atoms with Crippen LogP contribution < -0.4 is 4.31 Å². The molecule has 0 aromatic heterocycles. The number of amides is 1. The van der Waals surface area contributed by atoms with E-state index in [9.17, 15) is 18.0 Å². The molecule has 1 aliphatic heterocycles. The standard InChI is InChI=1S/C19H28N2O5S/c1-5-17(18(22)20-12-10-15(11-13-20)19(23)26-3)21(27(4,24)25)16-8-6-14(2)7-9-16/h6-9,15,17H,5,10-13H2,1-4H3/t17-/m1/s1. The van der Waals surface area contributed by atoms with Crippen LogP contribution in [0.4, 0.5) is 5.69 Å². The summed E-state index contributed by atoms with van der Waals surface area (Å²) in [5.74, 6) is -0.694. The third-order valence-corrected chi connectivity index (χ3v) is 6.12. The van der Waals surface area contributed by atoms with Crippen molar-refractivity contribution < 1.29 is 22.7 Å². The molecule has 1 amide bonds. The van der Waals surface area contributed by atoms with E-state index in [1.807, 2.05) is 19.1 Å². The van der Waals surface area contributed by atoms with Gasteiger partial charge in [-0.05, 0) is 38.3 Å². The zero-order valence-electron chi connectivity index (χ0n) is 16.3. The summed E-state index contributed by atoms with van der Waals surface area (Å²) in [6, 6.07) is 6.28. The molecule has 27 heavy (non-hydrogen) atoms. The van der Waals surface area contributed by atoms with Crippen molar-refractivity contribution in [3.05, 3.63) is 29.8 Å². The Morgan fingerprint density at radius 1 is 1.22 bits per heavy atom. The Morgan fingerprint density at radius 3 is 2.22 bits per heavy atom. The molecule has 0 N–H and O–H groups in total. The highest BCUT2D eigenvalue weighted by Crippen LogP contribution is 2.26. The fourth-order valence-electron chi connectivity index (χ4n) is 3.45. The molecule has 1 saturated heterocycles. The van der Waals surface area contributed by atoms with Gasteiger partial charge < -0.3 is 9.64 Å². The van der Waals surface area contributed by atoms with E-state index in [-0.39, 0.29) is 17.8 Å². The molecular formula is C19H28N2O5S. The van der Waals surface area contributed by atoms with Gasteiger partial charge in [-0.15, -0.1) is 0 Å². The third-order valence-electron chi connectivity index (χ3n) is 4.94. The Morgan fingerprint density at radius 2 is 1.78 bits per heavy atom. The van der Waals surface area contributed by atoms with Crippen molar-refractivity contribution in [2.45, 2.75) is 39.2 Å². The lowest BCUT2D eigenvalue weighted by atomic mass is 9.96. The predicted octanol–water partition coefficient (Wildman–Crippen LogP) is 1.95. The third kappa shape index (κ3) is 5.00. The van der Waals surface area contributed by atoms with Gasteiger partial charge in [0.05, 0.1) is 25.0 Å². The van der Waals surface area contributed by atoms with Gasteiger partial charge in [-0.2, -0.15) is 0 Å². The van der Waals surface area contributed by atoms with E-state index in [1.54, 1.807) is 24.0 Å². The van der Waals surface area contributed by atoms with Crippen LogP contribution in [0.15, 0.2) is 24.3 Å². The normalized spacial score (nSPS) is 16.7. The predicted molar refractivity (Wildman–Crippen MR) is 104 cm³/mol. The Labute approximate surface area is 161 Å². The molecule has 0 bridgehead atoms. The number of piperidine rings is 1. The molecule has 1 aliphatic rings. The van der Waals surface area contributed by atoms with Crippen LogP contribution in [0, 0.1) is 12.8 Å². The van der Waals surface area contributed by atoms with Crippen LogP contribution in [-0.2, 0) is 24.3 Å². The highest BCUT2D eigenvalue weighted by molar-refractivity contribution is 7.92. The lowest BCUT2D eigenvalue weighted by Crippen LogP contribution is -2.52. The Bertz CT molecular complexity index is 768. The fourth-order valence-corrected chi connectivity index (χ4v) is 4.65. The maximum atomic E-state index is 13.1. The van der Waals surface area contributed by atoms with E-state index in [1.165, 1.54) is 11.4 Å². The minimum absolute atomic E-state index is 0.206. The number of hydrogen-bond donors (Lipinski definition) is 0. The second kappa shape index (κ2) is 8.73. The van der Waals surface area contributed by atoms with Crippen LogP contribution in [-0.4, -0.2) is 57.7 Å². The van der Waals surface area contributed by atoms with E-state index >= 15 is 0 Å². The summed E-state index contributed by atoms with van der Waals surface area (Å²) in [7, 11) is -2.28. The van der Waals surface area contributed by atoms with Gasteiger partial charge in [0.15, 0.2) is 0 Å². The number of likely N-dealkylation sites (tertiary alicyclic amines) is 1. The number of esters is 1. The SMILES string of the molecule is CC[C@H](C(=O)N1CCC(C(=O)OC)CC1)N(c1ccc(C)cc1)S(C)(=O)=O. The summed E-state index contributed by atoms with van der Waals surface area (Å²) in [4.78, 5) is 26.4. The molecule has 1 fully saturated rings. The van der Waals surface area contributed by atoms with Gasteiger partial charge in [0.1, 0.15) is 6.04 Å². The van der Waals surface area contributed by atoms with Crippen molar-refractivity contribution in [1.29, 1.82) is 0 Å². The van der Waals surface area contributed by atoms with Gasteiger partial charge >= 0.3 is 5.97 Å². The summed E-state index contributed by atoms with van der Waals surface area (Å²) in [5, 5.41) is 0. The molecule has 1 atom stereocenters. The molecule has 0 unspecified atom stereocenters. The van der Waals surface area contributed by atoms with E-state index in [4.69, 9.17) is 4.74 Å². The monoisotopic (exact) mass is 396 g/mol. The van der Waals surface area contributed by atoms with Crippen molar-refractivity contribution in [2.75, 3.05) is 30.8 Å². The molecule has 150 valence electrons. The Kier molecular flexibility index (Phi) is 6.86. The van der Waals surface area contributed by atoms with Crippen molar-refractivity contribution in [3.8, 4) is 0 Å². The molecule has 0 aliphatic carbocycles. The number of aryl methyl sites for hydroxylation is 1. The summed E-state index contributed by atoms with van der Waals surface area (Å²) in [6.07, 6.45) is 2.53. The smallest absolute Gasteiger partial charge is 0.308 e. The number of carbonyl (C=O) groups is 2. The first kappa shape index (κ1) is 21.2. The van der Waals surface area contributed by atoms with Crippen molar-refractivity contribution in [3.63, 3.8) is 0 Å².